The zero-order valence-corrected chi connectivity index (χ0v) is 53.0. The first-order chi connectivity index (χ1) is 35.3. The average molecular weight is 1090 g/mol. The summed E-state index contributed by atoms with van der Waals surface area (Å²) in [7, 11) is 1.00. The van der Waals surface area contributed by atoms with Crippen LogP contribution in [0.3, 0.4) is 0 Å². The van der Waals surface area contributed by atoms with Crippen LogP contribution in [0, 0.1) is 113 Å². The third kappa shape index (κ3) is 9.30. The Morgan fingerprint density at radius 2 is 0.923 bits per heavy atom. The Morgan fingerprint density at radius 1 is 0.526 bits per heavy atom. The van der Waals surface area contributed by atoms with E-state index in [1.807, 2.05) is 0 Å². The second-order valence-corrected chi connectivity index (χ2v) is 30.0. The largest absolute Gasteiger partial charge is 1.00 e. The van der Waals surface area contributed by atoms with Crippen molar-refractivity contribution in [1.82, 2.24) is 0 Å². The number of ether oxygens (including phenoxy) is 2. The first kappa shape index (κ1) is 65.2. The molecule has 0 aromatic rings. The summed E-state index contributed by atoms with van der Waals surface area (Å²) in [6.45, 7) is 36.0. The van der Waals surface area contributed by atoms with E-state index in [-0.39, 0.29) is 138 Å². The number of aliphatic carboxylic acids is 2. The predicted octanol–water partition coefficient (Wildman–Crippen LogP) is 9.82. The molecule has 10 fully saturated rings. The molecule has 10 aliphatic carbocycles. The van der Waals surface area contributed by atoms with Crippen molar-refractivity contribution in [2.45, 2.75) is 218 Å². The molecule has 78 heavy (non-hydrogen) atoms. The van der Waals surface area contributed by atoms with E-state index in [2.05, 4.69) is 82.4 Å². The van der Waals surface area contributed by atoms with Gasteiger partial charge in [-0.05, 0) is 230 Å². The second-order valence-electron chi connectivity index (χ2n) is 30.0. The molecule has 13 heteroatoms. The van der Waals surface area contributed by atoms with Crippen molar-refractivity contribution in [2.24, 2.45) is 113 Å². The molecule has 0 saturated heterocycles. The molecule has 19 atom stereocenters. The molecule has 0 spiro atoms. The van der Waals surface area contributed by atoms with Crippen LogP contribution in [0.2, 0.25) is 0 Å². The van der Waals surface area contributed by atoms with Crippen LogP contribution >= 0.6 is 0 Å². The summed E-state index contributed by atoms with van der Waals surface area (Å²) in [5, 5.41) is 39.2. The van der Waals surface area contributed by atoms with Gasteiger partial charge in [-0.15, -0.1) is 0 Å². The van der Waals surface area contributed by atoms with Gasteiger partial charge in [0.05, 0.1) is 16.9 Å². The van der Waals surface area contributed by atoms with Gasteiger partial charge in [0, 0.05) is 41.2 Å². The van der Waals surface area contributed by atoms with Crippen LogP contribution in [0.4, 0.5) is 0 Å². The number of Topliss-reactive ketones (excluding diaryl/α,β-unsaturated/α-hetero) is 1. The van der Waals surface area contributed by atoms with Gasteiger partial charge in [-0.2, -0.15) is 0 Å². The third-order valence-electron chi connectivity index (χ3n) is 27.4. The van der Waals surface area contributed by atoms with Crippen LogP contribution in [0.5, 0.6) is 0 Å². The Morgan fingerprint density at radius 3 is 1.32 bits per heavy atom. The number of esters is 2. The van der Waals surface area contributed by atoms with E-state index in [4.69, 9.17) is 14.6 Å². The molecule has 0 amide bonds. The van der Waals surface area contributed by atoms with Crippen LogP contribution in [0.15, 0.2) is 24.3 Å². The summed E-state index contributed by atoms with van der Waals surface area (Å²) in [5.74, 6) is 1.54. The molecule has 0 aromatic heterocycles. The minimum Gasteiger partial charge on any atom is -1.00 e. The van der Waals surface area contributed by atoms with E-state index in [0.29, 0.717) is 60.6 Å². The quantitative estimate of drug-likeness (QED) is 0.103. The van der Waals surface area contributed by atoms with E-state index >= 15 is 0 Å². The molecule has 0 aromatic carbocycles. The number of carboxylic acid groups (broad SMARTS) is 2. The summed E-state index contributed by atoms with van der Waals surface area (Å²) in [4.78, 5) is 61.9. The fraction of sp³-hybridized carbons (Fsp3) is 0.862. The normalized spacial score (nSPS) is 46.7. The Balaban J connectivity index is 0.000000272. The van der Waals surface area contributed by atoms with Gasteiger partial charge in [0.1, 0.15) is 19.0 Å². The van der Waals surface area contributed by atoms with Crippen LogP contribution in [-0.4, -0.2) is 84.9 Å². The van der Waals surface area contributed by atoms with Crippen molar-refractivity contribution in [3.8, 4) is 0 Å². The van der Waals surface area contributed by atoms with Gasteiger partial charge in [0.2, 0.25) is 0 Å². The monoisotopic (exact) mass is 1090 g/mol. The number of carboxylic acids is 2. The second kappa shape index (κ2) is 22.2. The van der Waals surface area contributed by atoms with E-state index in [1.165, 1.54) is 13.8 Å². The van der Waals surface area contributed by atoms with Crippen molar-refractivity contribution < 1.29 is 84.9 Å². The minimum atomic E-state index is -0.697. The Labute approximate surface area is 495 Å². The summed E-state index contributed by atoms with van der Waals surface area (Å²) in [5.41, 5.74) is 0.813. The standard InChI is InChI=1S/C32H50O5.C32H48O5.CH4O.B.Na.H/c2*1-19(18-37-20(2)33)21-10-15-32(27(35)36)17-16-30(6)22(26(21)32)8-9-24-29(5)13-12-25(34)28(3,4)23(29)11-14-31(24,30)7;1-2;;;/h21-26,34H,1,8-18H2,2-7H3,(H,35,36);21-24,26H,1,8-18H2,2-7H3,(H,35,36);2H,1H3;;;/q;;;;+1;-1/t21-,22+,23-,24+,25-,26+,29-,30+,31+,32-;21-,22+,23-,24+,26+,29-,30+,31+,32-;;;;/m00..../s1. The molecular formula is C65H103BNaO11. The van der Waals surface area contributed by atoms with Gasteiger partial charge >= 0.3 is 53.4 Å². The number of carbonyl (C=O) groups excluding carboxylic acids is 3. The first-order valence-electron chi connectivity index (χ1n) is 30.0. The van der Waals surface area contributed by atoms with Crippen molar-refractivity contribution in [3.63, 3.8) is 0 Å². The fourth-order valence-electron chi connectivity index (χ4n) is 23.2. The molecule has 0 aliphatic heterocycles. The number of aliphatic hydroxyl groups excluding tert-OH is 2. The fourth-order valence-corrected chi connectivity index (χ4v) is 23.2. The molecule has 0 bridgehead atoms. The van der Waals surface area contributed by atoms with E-state index in [9.17, 15) is 39.3 Å². The summed E-state index contributed by atoms with van der Waals surface area (Å²) >= 11 is 0. The van der Waals surface area contributed by atoms with Crippen molar-refractivity contribution >= 4 is 38.1 Å². The van der Waals surface area contributed by atoms with Gasteiger partial charge in [0.15, 0.2) is 0 Å². The molecular weight excluding hydrogens is 991 g/mol. The maximum absolute atomic E-state index is 13.0. The van der Waals surface area contributed by atoms with Crippen molar-refractivity contribution in [2.75, 3.05) is 20.3 Å². The van der Waals surface area contributed by atoms with Crippen LogP contribution in [0.25, 0.3) is 0 Å². The van der Waals surface area contributed by atoms with Crippen LogP contribution < -0.4 is 29.6 Å². The van der Waals surface area contributed by atoms with Gasteiger partial charge in [-0.1, -0.05) is 82.4 Å². The number of carbonyl (C=O) groups is 5. The Bertz CT molecular complexity index is 2360. The summed E-state index contributed by atoms with van der Waals surface area (Å²) in [6.07, 6.45) is 18.8. The van der Waals surface area contributed by atoms with Gasteiger partial charge in [-0.3, -0.25) is 24.0 Å². The molecule has 10 rings (SSSR count). The third-order valence-corrected chi connectivity index (χ3v) is 27.4. The molecule has 11 nitrogen and oxygen atoms in total. The van der Waals surface area contributed by atoms with Crippen molar-refractivity contribution in [3.05, 3.63) is 24.3 Å². The molecule has 3 radical (unpaired) electrons. The number of rotatable bonds is 8. The number of aliphatic hydroxyl groups is 2. The van der Waals surface area contributed by atoms with Crippen LogP contribution in [-0.2, 0) is 33.4 Å². The number of fused-ring (bicyclic) bond motifs is 14. The topological polar surface area (TPSA) is 185 Å². The Hall–Kier alpha value is -1.99. The van der Waals surface area contributed by atoms with E-state index in [1.54, 1.807) is 0 Å². The SMILES string of the molecule is C=C(COC(C)=O)[C@@H]1CC[C@]2(C(=O)O)CC[C@]3(C)[C@H](CC[C@@H]4[C@@]5(C)CCC(=O)C(C)(C)[C@@H]5CC[C@]43C)[C@@H]12.C=C(COC(C)=O)[C@@H]1CC[C@]2(C(=O)O)CC[C@]3(C)[C@H](CC[C@@H]4[C@@]5(C)CC[C@H](O)C(C)(C)[C@@H]5CC[C@]43C)[C@@H]12.CO.[B].[H-].[Na+]. The number of hydrogen-bond donors (Lipinski definition) is 4. The smallest absolute Gasteiger partial charge is 1.00 e. The van der Waals surface area contributed by atoms with Gasteiger partial charge < -0.3 is 31.3 Å². The molecule has 433 valence electrons. The maximum atomic E-state index is 13.0. The predicted molar refractivity (Wildman–Crippen MR) is 301 cm³/mol. The molecule has 0 heterocycles. The molecule has 10 aliphatic rings. The minimum absolute atomic E-state index is 0. The zero-order chi connectivity index (χ0) is 56.4. The van der Waals surface area contributed by atoms with Gasteiger partial charge in [-0.25, -0.2) is 0 Å². The summed E-state index contributed by atoms with van der Waals surface area (Å²) < 4.78 is 10.7. The van der Waals surface area contributed by atoms with Gasteiger partial charge in [0.25, 0.3) is 0 Å². The average Bonchev–Trinajstić information content (AvgIpc) is 3.96. The van der Waals surface area contributed by atoms with Crippen LogP contribution in [0.1, 0.15) is 213 Å². The number of ketones is 1. The van der Waals surface area contributed by atoms with E-state index in [0.717, 1.165) is 127 Å². The summed E-state index contributed by atoms with van der Waals surface area (Å²) in [6, 6.07) is 0. The van der Waals surface area contributed by atoms with Crippen molar-refractivity contribution in [1.29, 1.82) is 0 Å². The molecule has 0 unspecified atom stereocenters. The molecule has 4 N–H and O–H groups in total. The molecule has 10 saturated carbocycles. The number of hydrogen-bond acceptors (Lipinski definition) is 9. The van der Waals surface area contributed by atoms with E-state index < -0.39 is 22.8 Å². The Kier molecular flexibility index (Phi) is 18.6. The maximum Gasteiger partial charge on any atom is 1.00 e. The zero-order valence-electron chi connectivity index (χ0n) is 52.0. The first-order valence-corrected chi connectivity index (χ1v) is 30.0.